The maximum atomic E-state index is 10.5. The number of rotatable bonds is 6. The number of carbonyl (C=O) groups is 1. The molecule has 2 aliphatic carbocycles. The van der Waals surface area contributed by atoms with Gasteiger partial charge in [0.05, 0.1) is 6.54 Å². The molecule has 22 heavy (non-hydrogen) atoms. The van der Waals surface area contributed by atoms with E-state index in [1.165, 1.54) is 24.8 Å². The molecule has 0 heterocycles. The number of carboxylic acid groups (broad SMARTS) is 1. The summed E-state index contributed by atoms with van der Waals surface area (Å²) in [6.45, 7) is 4.34. The number of aliphatic carboxylic acids is 1. The molecule has 2 rings (SSSR count). The summed E-state index contributed by atoms with van der Waals surface area (Å²) in [5.74, 6) is -0.468. The molecule has 122 valence electrons. The lowest BCUT2D eigenvalue weighted by Crippen LogP contribution is -2.39. The Morgan fingerprint density at radius 2 is 2.23 bits per heavy atom. The van der Waals surface area contributed by atoms with Crippen LogP contribution < -0.4 is 5.32 Å². The SMILES string of the molecule is CC(C)(C1=CCC(C(O)NCC(=O)O)C=C1)C1C=CCCC1. The predicted octanol–water partition coefficient (Wildman–Crippen LogP) is 2.86. The quantitative estimate of drug-likeness (QED) is 0.521. The molecule has 3 unspecified atom stereocenters. The van der Waals surface area contributed by atoms with Crippen molar-refractivity contribution in [1.29, 1.82) is 0 Å². The van der Waals surface area contributed by atoms with Gasteiger partial charge in [0.15, 0.2) is 0 Å². The molecule has 3 atom stereocenters. The first-order chi connectivity index (χ1) is 10.4. The highest BCUT2D eigenvalue weighted by Crippen LogP contribution is 2.42. The Bertz CT molecular complexity index is 491. The average Bonchev–Trinajstić information content (AvgIpc) is 2.53. The fourth-order valence-corrected chi connectivity index (χ4v) is 3.32. The molecular formula is C18H27NO3. The van der Waals surface area contributed by atoms with Crippen LogP contribution in [-0.2, 0) is 4.79 Å². The largest absolute Gasteiger partial charge is 0.480 e. The van der Waals surface area contributed by atoms with Crippen LogP contribution in [0.25, 0.3) is 0 Å². The monoisotopic (exact) mass is 305 g/mol. The molecule has 0 saturated heterocycles. The summed E-state index contributed by atoms with van der Waals surface area (Å²) in [7, 11) is 0. The van der Waals surface area contributed by atoms with Crippen molar-refractivity contribution in [3.63, 3.8) is 0 Å². The van der Waals surface area contributed by atoms with E-state index in [1.807, 2.05) is 6.08 Å². The first-order valence-corrected chi connectivity index (χ1v) is 8.10. The van der Waals surface area contributed by atoms with Crippen molar-refractivity contribution in [3.05, 3.63) is 36.0 Å². The average molecular weight is 305 g/mol. The first-order valence-electron chi connectivity index (χ1n) is 8.10. The van der Waals surface area contributed by atoms with Crippen LogP contribution in [0.4, 0.5) is 0 Å². The number of hydrogen-bond donors (Lipinski definition) is 3. The van der Waals surface area contributed by atoms with E-state index in [-0.39, 0.29) is 17.9 Å². The molecule has 3 N–H and O–H groups in total. The van der Waals surface area contributed by atoms with Crippen molar-refractivity contribution >= 4 is 5.97 Å². The Morgan fingerprint density at radius 3 is 2.77 bits per heavy atom. The minimum atomic E-state index is -0.958. The molecule has 0 fully saturated rings. The standard InChI is InChI=1S/C18H27NO3/c1-18(2,14-6-4-3-5-7-14)15-10-8-13(9-11-15)17(22)19-12-16(20)21/h4,6,8,10-11,13-14,17,19,22H,3,5,7,9,12H2,1-2H3,(H,20,21). The highest BCUT2D eigenvalue weighted by molar-refractivity contribution is 5.69. The van der Waals surface area contributed by atoms with Crippen molar-refractivity contribution < 1.29 is 15.0 Å². The lowest BCUT2D eigenvalue weighted by atomic mass is 9.68. The van der Waals surface area contributed by atoms with Gasteiger partial charge in [0.25, 0.3) is 0 Å². The second kappa shape index (κ2) is 7.25. The van der Waals surface area contributed by atoms with Gasteiger partial charge < -0.3 is 10.2 Å². The highest BCUT2D eigenvalue weighted by atomic mass is 16.4. The van der Waals surface area contributed by atoms with Crippen LogP contribution in [0, 0.1) is 17.3 Å². The van der Waals surface area contributed by atoms with E-state index >= 15 is 0 Å². The van der Waals surface area contributed by atoms with Crippen molar-refractivity contribution in [3.8, 4) is 0 Å². The van der Waals surface area contributed by atoms with Crippen LogP contribution in [0.1, 0.15) is 39.5 Å². The van der Waals surface area contributed by atoms with Crippen LogP contribution in [0.3, 0.4) is 0 Å². The van der Waals surface area contributed by atoms with E-state index in [4.69, 9.17) is 5.11 Å². The molecule has 0 radical (unpaired) electrons. The van der Waals surface area contributed by atoms with E-state index in [0.29, 0.717) is 5.92 Å². The fourth-order valence-electron chi connectivity index (χ4n) is 3.32. The fraction of sp³-hybridized carbons (Fsp3) is 0.611. The normalized spacial score (nSPS) is 26.6. The second-order valence-electron chi connectivity index (χ2n) is 6.82. The van der Waals surface area contributed by atoms with Crippen molar-refractivity contribution in [1.82, 2.24) is 5.32 Å². The molecule has 0 saturated carbocycles. The summed E-state index contributed by atoms with van der Waals surface area (Å²) in [5, 5.41) is 21.3. The zero-order valence-electron chi connectivity index (χ0n) is 13.5. The number of aliphatic hydroxyl groups excluding tert-OH is 1. The third-order valence-electron chi connectivity index (χ3n) is 4.93. The number of allylic oxidation sites excluding steroid dienone is 5. The molecule has 2 aliphatic rings. The third-order valence-corrected chi connectivity index (χ3v) is 4.93. The molecule has 4 nitrogen and oxygen atoms in total. The Hall–Kier alpha value is -1.39. The van der Waals surface area contributed by atoms with E-state index < -0.39 is 12.2 Å². The van der Waals surface area contributed by atoms with Crippen LogP contribution in [0.5, 0.6) is 0 Å². The van der Waals surface area contributed by atoms with Crippen LogP contribution in [-0.4, -0.2) is 29.0 Å². The van der Waals surface area contributed by atoms with Gasteiger partial charge in [-0.1, -0.05) is 44.2 Å². The minimum Gasteiger partial charge on any atom is -0.480 e. The van der Waals surface area contributed by atoms with Gasteiger partial charge in [-0.2, -0.15) is 0 Å². The number of nitrogens with one attached hydrogen (secondary N) is 1. The second-order valence-corrected chi connectivity index (χ2v) is 6.82. The van der Waals surface area contributed by atoms with Gasteiger partial charge in [-0.3, -0.25) is 10.1 Å². The van der Waals surface area contributed by atoms with Crippen molar-refractivity contribution in [2.75, 3.05) is 6.54 Å². The van der Waals surface area contributed by atoms with Crippen molar-refractivity contribution in [2.24, 2.45) is 17.3 Å². The zero-order valence-corrected chi connectivity index (χ0v) is 13.5. The van der Waals surface area contributed by atoms with Gasteiger partial charge in [0.2, 0.25) is 0 Å². The topological polar surface area (TPSA) is 69.6 Å². The van der Waals surface area contributed by atoms with Gasteiger partial charge in [-0.25, -0.2) is 0 Å². The molecular weight excluding hydrogens is 278 g/mol. The minimum absolute atomic E-state index is 0.0687. The van der Waals surface area contributed by atoms with E-state index in [1.54, 1.807) is 0 Å². The van der Waals surface area contributed by atoms with Crippen LogP contribution in [0.15, 0.2) is 36.0 Å². The summed E-state index contributed by atoms with van der Waals surface area (Å²) in [4.78, 5) is 10.5. The van der Waals surface area contributed by atoms with E-state index in [9.17, 15) is 9.90 Å². The summed E-state index contributed by atoms with van der Waals surface area (Å²) < 4.78 is 0. The van der Waals surface area contributed by atoms with Crippen molar-refractivity contribution in [2.45, 2.75) is 45.8 Å². The molecule has 0 aromatic rings. The highest BCUT2D eigenvalue weighted by Gasteiger charge is 2.32. The van der Waals surface area contributed by atoms with Gasteiger partial charge >= 0.3 is 5.97 Å². The summed E-state index contributed by atoms with van der Waals surface area (Å²) in [6.07, 6.45) is 14.5. The maximum absolute atomic E-state index is 10.5. The Kier molecular flexibility index (Phi) is 5.59. The van der Waals surface area contributed by atoms with E-state index in [0.717, 1.165) is 6.42 Å². The molecule has 0 aromatic carbocycles. The Morgan fingerprint density at radius 1 is 1.45 bits per heavy atom. The van der Waals surface area contributed by atoms with Crippen LogP contribution >= 0.6 is 0 Å². The lowest BCUT2D eigenvalue weighted by Gasteiger charge is -2.37. The van der Waals surface area contributed by atoms with Crippen LogP contribution in [0.2, 0.25) is 0 Å². The van der Waals surface area contributed by atoms with Gasteiger partial charge in [-0.05, 0) is 42.6 Å². The summed E-state index contributed by atoms with van der Waals surface area (Å²) >= 11 is 0. The first kappa shape index (κ1) is 17.0. The molecule has 0 bridgehead atoms. The molecule has 0 amide bonds. The summed E-state index contributed by atoms with van der Waals surface area (Å²) in [6, 6.07) is 0. The lowest BCUT2D eigenvalue weighted by molar-refractivity contribution is -0.136. The molecule has 4 heteroatoms. The smallest absolute Gasteiger partial charge is 0.317 e. The predicted molar refractivity (Wildman–Crippen MR) is 87.2 cm³/mol. The third kappa shape index (κ3) is 4.08. The van der Waals surface area contributed by atoms with Gasteiger partial charge in [0, 0.05) is 5.92 Å². The summed E-state index contributed by atoms with van der Waals surface area (Å²) in [5.41, 5.74) is 1.41. The maximum Gasteiger partial charge on any atom is 0.317 e. The van der Waals surface area contributed by atoms with E-state index in [2.05, 4.69) is 43.5 Å². The molecule has 0 aliphatic heterocycles. The molecule has 0 aromatic heterocycles. The van der Waals surface area contributed by atoms with Gasteiger partial charge in [0.1, 0.15) is 6.23 Å². The Balaban J connectivity index is 1.96. The zero-order chi connectivity index (χ0) is 16.2. The Labute approximate surface area is 132 Å². The number of carboxylic acids is 1. The molecule has 0 spiro atoms. The number of hydrogen-bond acceptors (Lipinski definition) is 3. The van der Waals surface area contributed by atoms with Gasteiger partial charge in [-0.15, -0.1) is 0 Å². The number of aliphatic hydroxyl groups is 1.